The highest BCUT2D eigenvalue weighted by molar-refractivity contribution is 5.32. The predicted molar refractivity (Wildman–Crippen MR) is 115 cm³/mol. The van der Waals surface area contributed by atoms with Crippen molar-refractivity contribution in [3.05, 3.63) is 83.4 Å². The zero-order valence-corrected chi connectivity index (χ0v) is 17.4. The van der Waals surface area contributed by atoms with Crippen molar-refractivity contribution < 1.29 is 30.6 Å². The molecule has 5 atom stereocenters. The molecule has 0 saturated carbocycles. The van der Waals surface area contributed by atoms with Gasteiger partial charge in [0.15, 0.2) is 0 Å². The molecule has 0 aliphatic rings. The van der Waals surface area contributed by atoms with Crippen LogP contribution < -0.4 is 0 Å². The Morgan fingerprint density at radius 3 is 1.77 bits per heavy atom. The van der Waals surface area contributed by atoms with Crippen LogP contribution in [0.1, 0.15) is 22.3 Å². The Morgan fingerprint density at radius 1 is 0.867 bits per heavy atom. The highest BCUT2D eigenvalue weighted by Gasteiger charge is 2.53. The van der Waals surface area contributed by atoms with Crippen molar-refractivity contribution >= 4 is 0 Å². The third-order valence-corrected chi connectivity index (χ3v) is 5.83. The van der Waals surface area contributed by atoms with Crippen molar-refractivity contribution in [3.8, 4) is 0 Å². The van der Waals surface area contributed by atoms with Crippen LogP contribution in [-0.4, -0.2) is 66.8 Å². The monoisotopic (exact) mass is 416 g/mol. The van der Waals surface area contributed by atoms with Gasteiger partial charge in [0, 0.05) is 12.8 Å². The van der Waals surface area contributed by atoms with E-state index in [1.54, 1.807) is 24.3 Å². The molecular weight excluding hydrogens is 384 g/mol. The van der Waals surface area contributed by atoms with Gasteiger partial charge in [-0.25, -0.2) is 0 Å². The Kier molecular flexibility index (Phi) is 7.93. The Hall–Kier alpha value is -2.06. The summed E-state index contributed by atoms with van der Waals surface area (Å²) in [5.74, 6) is 0. The number of hydrogen-bond donors (Lipinski definition) is 6. The van der Waals surface area contributed by atoms with Gasteiger partial charge in [-0.3, -0.25) is 0 Å². The van der Waals surface area contributed by atoms with Crippen molar-refractivity contribution in [1.29, 1.82) is 0 Å². The maximum absolute atomic E-state index is 11.5. The number of hydrogen-bond acceptors (Lipinski definition) is 6. The largest absolute Gasteiger partial charge is 0.394 e. The molecule has 0 aromatic heterocycles. The molecule has 1 unspecified atom stereocenters. The van der Waals surface area contributed by atoms with Gasteiger partial charge < -0.3 is 30.6 Å². The minimum absolute atomic E-state index is 0.0671. The summed E-state index contributed by atoms with van der Waals surface area (Å²) in [4.78, 5) is 0. The topological polar surface area (TPSA) is 121 Å². The first kappa shape index (κ1) is 24.2. The highest BCUT2D eigenvalue weighted by Crippen LogP contribution is 2.34. The highest BCUT2D eigenvalue weighted by atomic mass is 16.4. The molecule has 0 heterocycles. The summed E-state index contributed by atoms with van der Waals surface area (Å²) in [5, 5.41) is 64.0. The van der Waals surface area contributed by atoms with E-state index in [-0.39, 0.29) is 12.8 Å². The van der Waals surface area contributed by atoms with Gasteiger partial charge in [-0.2, -0.15) is 0 Å². The van der Waals surface area contributed by atoms with E-state index in [1.807, 2.05) is 38.1 Å². The van der Waals surface area contributed by atoms with E-state index >= 15 is 0 Å². The summed E-state index contributed by atoms with van der Waals surface area (Å²) < 4.78 is 0. The normalized spacial score (nSPS) is 18.7. The first-order valence-corrected chi connectivity index (χ1v) is 9.91. The first-order valence-electron chi connectivity index (χ1n) is 9.91. The molecule has 0 bridgehead atoms. The lowest BCUT2D eigenvalue weighted by molar-refractivity contribution is -0.218. The molecule has 6 heteroatoms. The number of benzene rings is 2. The summed E-state index contributed by atoms with van der Waals surface area (Å²) in [6, 6.07) is 14.4. The number of aryl methyl sites for hydroxylation is 2. The lowest BCUT2D eigenvalue weighted by Gasteiger charge is -2.45. The van der Waals surface area contributed by atoms with Crippen molar-refractivity contribution in [1.82, 2.24) is 0 Å². The van der Waals surface area contributed by atoms with Crippen LogP contribution in [0.2, 0.25) is 0 Å². The summed E-state index contributed by atoms with van der Waals surface area (Å²) in [6.07, 6.45) is -4.77. The third kappa shape index (κ3) is 4.98. The van der Waals surface area contributed by atoms with E-state index in [0.29, 0.717) is 5.56 Å². The maximum Gasteiger partial charge on any atom is 0.126 e. The second kappa shape index (κ2) is 9.83. The quantitative estimate of drug-likeness (QED) is 0.319. The van der Waals surface area contributed by atoms with Gasteiger partial charge in [-0.1, -0.05) is 54.6 Å². The lowest BCUT2D eigenvalue weighted by Crippen LogP contribution is -2.66. The molecule has 0 spiro atoms. The zero-order valence-electron chi connectivity index (χ0n) is 17.4. The Bertz CT molecular complexity index is 853. The van der Waals surface area contributed by atoms with Gasteiger partial charge in [0.2, 0.25) is 0 Å². The molecule has 0 radical (unpaired) electrons. The standard InChI is InChI=1S/C24H32O6/c1-4-23(29,13-18-11-7-5-9-16(18)2)22(28)24(30,21(27)20(26)15-25)14-19-12-8-6-10-17(19)3/h4-12,20-22,25-30H,1,13-15H2,2-3H3/t20-,21+,22+,23?,24+/m0/s1. The molecule has 2 aromatic carbocycles. The minimum atomic E-state index is -2.38. The maximum atomic E-state index is 11.5. The average molecular weight is 417 g/mol. The van der Waals surface area contributed by atoms with Gasteiger partial charge >= 0.3 is 0 Å². The fourth-order valence-corrected chi connectivity index (χ4v) is 3.74. The van der Waals surface area contributed by atoms with Crippen molar-refractivity contribution in [2.45, 2.75) is 56.2 Å². The van der Waals surface area contributed by atoms with Gasteiger partial charge in [-0.15, -0.1) is 6.58 Å². The lowest BCUT2D eigenvalue weighted by atomic mass is 9.72. The van der Waals surface area contributed by atoms with Crippen LogP contribution in [0.15, 0.2) is 61.2 Å². The Morgan fingerprint density at radius 2 is 1.33 bits per heavy atom. The van der Waals surface area contributed by atoms with E-state index < -0.39 is 36.1 Å². The molecule has 6 nitrogen and oxygen atoms in total. The van der Waals surface area contributed by atoms with E-state index in [9.17, 15) is 30.6 Å². The SMILES string of the molecule is C=CC(O)(Cc1ccccc1C)[C@@H](O)[C@@](O)(Cc1ccccc1C)[C@H](O)[C@@H](O)CO. The van der Waals surface area contributed by atoms with E-state index in [1.165, 1.54) is 0 Å². The molecular formula is C24H32O6. The zero-order chi connectivity index (χ0) is 22.5. The summed E-state index contributed by atoms with van der Waals surface area (Å²) in [7, 11) is 0. The second-order valence-corrected chi connectivity index (χ2v) is 7.99. The van der Waals surface area contributed by atoms with Crippen LogP contribution >= 0.6 is 0 Å². The van der Waals surface area contributed by atoms with Crippen LogP contribution in [0, 0.1) is 13.8 Å². The van der Waals surface area contributed by atoms with Gasteiger partial charge in [-0.05, 0) is 36.1 Å². The summed E-state index contributed by atoms with van der Waals surface area (Å²) in [5.41, 5.74) is -1.36. The van der Waals surface area contributed by atoms with Gasteiger partial charge in [0.25, 0.3) is 0 Å². The molecule has 164 valence electrons. The fourth-order valence-electron chi connectivity index (χ4n) is 3.74. The summed E-state index contributed by atoms with van der Waals surface area (Å²) in [6.45, 7) is 6.47. The van der Waals surface area contributed by atoms with E-state index in [4.69, 9.17) is 0 Å². The van der Waals surface area contributed by atoms with Crippen LogP contribution in [-0.2, 0) is 12.8 Å². The summed E-state index contributed by atoms with van der Waals surface area (Å²) >= 11 is 0. The molecule has 0 fully saturated rings. The van der Waals surface area contributed by atoms with Gasteiger partial charge in [0.05, 0.1) is 6.61 Å². The minimum Gasteiger partial charge on any atom is -0.394 e. The van der Waals surface area contributed by atoms with Crippen LogP contribution in [0.3, 0.4) is 0 Å². The molecule has 0 saturated heterocycles. The smallest absolute Gasteiger partial charge is 0.126 e. The van der Waals surface area contributed by atoms with Crippen LogP contribution in [0.4, 0.5) is 0 Å². The molecule has 2 rings (SSSR count). The average Bonchev–Trinajstić information content (AvgIpc) is 2.75. The Labute approximate surface area is 177 Å². The Balaban J connectivity index is 2.50. The van der Waals surface area contributed by atoms with E-state index in [2.05, 4.69) is 6.58 Å². The molecule has 30 heavy (non-hydrogen) atoms. The third-order valence-electron chi connectivity index (χ3n) is 5.83. The molecule has 0 aliphatic heterocycles. The van der Waals surface area contributed by atoms with Crippen LogP contribution in [0.5, 0.6) is 0 Å². The predicted octanol–water partition coefficient (Wildman–Crippen LogP) is 0.812. The van der Waals surface area contributed by atoms with E-state index in [0.717, 1.165) is 22.8 Å². The van der Waals surface area contributed by atoms with Gasteiger partial charge in [0.1, 0.15) is 29.5 Å². The molecule has 2 aromatic rings. The fraction of sp³-hybridized carbons (Fsp3) is 0.417. The van der Waals surface area contributed by atoms with Crippen molar-refractivity contribution in [2.75, 3.05) is 6.61 Å². The molecule has 0 amide bonds. The molecule has 0 aliphatic carbocycles. The number of aliphatic hydroxyl groups is 6. The van der Waals surface area contributed by atoms with Crippen molar-refractivity contribution in [2.24, 2.45) is 0 Å². The number of aliphatic hydroxyl groups excluding tert-OH is 4. The molecule has 6 N–H and O–H groups in total. The van der Waals surface area contributed by atoms with Crippen molar-refractivity contribution in [3.63, 3.8) is 0 Å². The first-order chi connectivity index (χ1) is 14.1. The number of rotatable bonds is 10. The van der Waals surface area contributed by atoms with Crippen LogP contribution in [0.25, 0.3) is 0 Å². The second-order valence-electron chi connectivity index (χ2n) is 7.99.